The maximum atomic E-state index is 11.6. The van der Waals surface area contributed by atoms with Crippen LogP contribution in [0.4, 0.5) is 0 Å². The average molecular weight is 260 g/mol. The van der Waals surface area contributed by atoms with Crippen LogP contribution >= 0.6 is 0 Å². The first kappa shape index (κ1) is 13.3. The summed E-state index contributed by atoms with van der Waals surface area (Å²) in [6.07, 6.45) is 3.47. The van der Waals surface area contributed by atoms with Crippen LogP contribution in [0.3, 0.4) is 0 Å². The molecule has 0 aliphatic carbocycles. The summed E-state index contributed by atoms with van der Waals surface area (Å²) in [6, 6.07) is 6.76. The Labute approximate surface area is 110 Å². The molecule has 0 spiro atoms. The lowest BCUT2D eigenvalue weighted by Crippen LogP contribution is -2.34. The van der Waals surface area contributed by atoms with Gasteiger partial charge in [0.2, 0.25) is 0 Å². The Morgan fingerprint density at radius 1 is 1.00 bits per heavy atom. The summed E-state index contributed by atoms with van der Waals surface area (Å²) in [5.74, 6) is 0. The molecule has 0 unspecified atom stereocenters. The molecular weight excluding hydrogens is 244 g/mol. The Hall–Kier alpha value is -2.14. The number of rotatable bonds is 4. The molecule has 0 aliphatic rings. The minimum Gasteiger partial charge on any atom is -0.389 e. The largest absolute Gasteiger partial charge is 0.389 e. The molecule has 0 aliphatic heterocycles. The highest BCUT2D eigenvalue weighted by molar-refractivity contribution is 5.16. The van der Waals surface area contributed by atoms with Crippen molar-refractivity contribution in [2.75, 3.05) is 0 Å². The van der Waals surface area contributed by atoms with Gasteiger partial charge in [-0.2, -0.15) is 0 Å². The molecule has 0 radical (unpaired) electrons. The average Bonchev–Trinajstić information content (AvgIpc) is 2.35. The molecule has 2 aromatic heterocycles. The zero-order valence-electron chi connectivity index (χ0n) is 10.6. The normalized spacial score (nSPS) is 11.5. The summed E-state index contributed by atoms with van der Waals surface area (Å²) in [7, 11) is 0. The molecule has 19 heavy (non-hydrogen) atoms. The second-order valence-electron chi connectivity index (χ2n) is 4.90. The van der Waals surface area contributed by atoms with Gasteiger partial charge in [0.05, 0.1) is 5.60 Å². The molecule has 0 aromatic carbocycles. The van der Waals surface area contributed by atoms with Gasteiger partial charge in [0.1, 0.15) is 0 Å². The van der Waals surface area contributed by atoms with E-state index in [1.165, 1.54) is 0 Å². The predicted molar refractivity (Wildman–Crippen MR) is 72.2 cm³/mol. The van der Waals surface area contributed by atoms with Crippen LogP contribution < -0.4 is 11.1 Å². The molecule has 0 fully saturated rings. The van der Waals surface area contributed by atoms with E-state index in [2.05, 4.69) is 9.97 Å². The first-order valence-electron chi connectivity index (χ1n) is 6.03. The van der Waals surface area contributed by atoms with E-state index >= 15 is 0 Å². The van der Waals surface area contributed by atoms with Crippen LogP contribution in [-0.4, -0.2) is 20.7 Å². The van der Waals surface area contributed by atoms with Gasteiger partial charge in [0.15, 0.2) is 0 Å². The van der Waals surface area contributed by atoms with Gasteiger partial charge >= 0.3 is 0 Å². The summed E-state index contributed by atoms with van der Waals surface area (Å²) in [4.78, 5) is 28.3. The Kier molecular flexibility index (Phi) is 3.66. The lowest BCUT2D eigenvalue weighted by atomic mass is 9.91. The van der Waals surface area contributed by atoms with Gasteiger partial charge in [-0.15, -0.1) is 0 Å². The van der Waals surface area contributed by atoms with Gasteiger partial charge < -0.3 is 15.1 Å². The number of aliphatic hydroxyl groups is 1. The van der Waals surface area contributed by atoms with Crippen molar-refractivity contribution >= 4 is 0 Å². The summed E-state index contributed by atoms with van der Waals surface area (Å²) < 4.78 is 0. The lowest BCUT2D eigenvalue weighted by molar-refractivity contribution is 0.0601. The van der Waals surface area contributed by atoms with Crippen molar-refractivity contribution in [1.82, 2.24) is 9.97 Å². The van der Waals surface area contributed by atoms with E-state index in [0.29, 0.717) is 11.1 Å². The standard InChI is InChI=1S/C14H16N2O3/c1-14(19,8-10-4-2-6-15-12(10)17)9-11-5-3-7-16-13(11)18/h2-7,19H,8-9H2,1H3,(H,15,17)(H,16,18). The molecule has 2 rings (SSSR count). The van der Waals surface area contributed by atoms with Crippen molar-refractivity contribution in [3.05, 3.63) is 68.5 Å². The maximum Gasteiger partial charge on any atom is 0.251 e. The van der Waals surface area contributed by atoms with Crippen LogP contribution in [0.2, 0.25) is 0 Å². The fourth-order valence-electron chi connectivity index (χ4n) is 2.07. The van der Waals surface area contributed by atoms with Gasteiger partial charge in [-0.1, -0.05) is 12.1 Å². The van der Waals surface area contributed by atoms with Gasteiger partial charge in [0.25, 0.3) is 11.1 Å². The van der Waals surface area contributed by atoms with E-state index < -0.39 is 5.60 Å². The summed E-state index contributed by atoms with van der Waals surface area (Å²) >= 11 is 0. The second kappa shape index (κ2) is 5.24. The third-order valence-electron chi connectivity index (χ3n) is 2.94. The zero-order valence-corrected chi connectivity index (χ0v) is 10.6. The van der Waals surface area contributed by atoms with Gasteiger partial charge in [-0.3, -0.25) is 9.59 Å². The maximum absolute atomic E-state index is 11.6. The van der Waals surface area contributed by atoms with Crippen molar-refractivity contribution in [2.24, 2.45) is 0 Å². The number of nitrogens with one attached hydrogen (secondary N) is 2. The molecule has 0 saturated heterocycles. The monoisotopic (exact) mass is 260 g/mol. The molecule has 0 atom stereocenters. The van der Waals surface area contributed by atoms with Gasteiger partial charge in [0, 0.05) is 36.4 Å². The molecule has 100 valence electrons. The summed E-state index contributed by atoms with van der Waals surface area (Å²) in [6.45, 7) is 1.62. The quantitative estimate of drug-likeness (QED) is 0.752. The number of aromatic nitrogens is 2. The third-order valence-corrected chi connectivity index (χ3v) is 2.94. The van der Waals surface area contributed by atoms with Crippen LogP contribution in [-0.2, 0) is 12.8 Å². The smallest absolute Gasteiger partial charge is 0.251 e. The zero-order chi connectivity index (χ0) is 13.9. The van der Waals surface area contributed by atoms with E-state index in [1.54, 1.807) is 43.6 Å². The highest BCUT2D eigenvalue weighted by atomic mass is 16.3. The van der Waals surface area contributed by atoms with E-state index in [9.17, 15) is 14.7 Å². The number of H-pyrrole nitrogens is 2. The minimum atomic E-state index is -1.15. The molecule has 0 bridgehead atoms. The molecule has 2 aromatic rings. The molecule has 5 nitrogen and oxygen atoms in total. The van der Waals surface area contributed by atoms with Crippen LogP contribution in [0, 0.1) is 0 Å². The van der Waals surface area contributed by atoms with E-state index in [1.807, 2.05) is 0 Å². The number of pyridine rings is 2. The Balaban J connectivity index is 2.20. The van der Waals surface area contributed by atoms with E-state index in [-0.39, 0.29) is 24.0 Å². The number of hydrogen-bond donors (Lipinski definition) is 3. The Morgan fingerprint density at radius 3 is 1.79 bits per heavy atom. The van der Waals surface area contributed by atoms with Crippen molar-refractivity contribution < 1.29 is 5.11 Å². The van der Waals surface area contributed by atoms with Crippen LogP contribution in [0.25, 0.3) is 0 Å². The van der Waals surface area contributed by atoms with E-state index in [4.69, 9.17) is 0 Å². The van der Waals surface area contributed by atoms with Gasteiger partial charge in [-0.25, -0.2) is 0 Å². The predicted octanol–water partition coefficient (Wildman–Crippen LogP) is 0.599. The van der Waals surface area contributed by atoms with Crippen LogP contribution in [0.15, 0.2) is 46.2 Å². The lowest BCUT2D eigenvalue weighted by Gasteiger charge is -2.22. The van der Waals surface area contributed by atoms with E-state index in [0.717, 1.165) is 0 Å². The van der Waals surface area contributed by atoms with Crippen molar-refractivity contribution in [3.8, 4) is 0 Å². The Morgan fingerprint density at radius 2 is 1.42 bits per heavy atom. The molecule has 5 heteroatoms. The number of aromatic amines is 2. The number of hydrogen-bond acceptors (Lipinski definition) is 3. The molecule has 0 saturated carbocycles. The first-order valence-corrected chi connectivity index (χ1v) is 6.03. The van der Waals surface area contributed by atoms with Gasteiger partial charge in [-0.05, 0) is 19.1 Å². The highest BCUT2D eigenvalue weighted by Crippen LogP contribution is 2.15. The molecule has 0 amide bonds. The molecule has 2 heterocycles. The molecule has 3 N–H and O–H groups in total. The highest BCUT2D eigenvalue weighted by Gasteiger charge is 2.24. The van der Waals surface area contributed by atoms with Crippen molar-refractivity contribution in [3.63, 3.8) is 0 Å². The third kappa shape index (κ3) is 3.42. The van der Waals surface area contributed by atoms with Crippen molar-refractivity contribution in [1.29, 1.82) is 0 Å². The van der Waals surface area contributed by atoms with Crippen LogP contribution in [0.1, 0.15) is 18.1 Å². The fourth-order valence-corrected chi connectivity index (χ4v) is 2.07. The first-order chi connectivity index (χ1) is 8.98. The summed E-state index contributed by atoms with van der Waals surface area (Å²) in [5, 5.41) is 10.4. The topological polar surface area (TPSA) is 85.9 Å². The van der Waals surface area contributed by atoms with Crippen molar-refractivity contribution in [2.45, 2.75) is 25.4 Å². The SMILES string of the molecule is CC(O)(Cc1ccc[nH]c1=O)Cc1ccc[nH]c1=O. The minimum absolute atomic E-state index is 0.192. The fraction of sp³-hybridized carbons (Fsp3) is 0.286. The van der Waals surface area contributed by atoms with Crippen LogP contribution in [0.5, 0.6) is 0 Å². The second-order valence-corrected chi connectivity index (χ2v) is 4.90. The summed E-state index contributed by atoms with van der Waals surface area (Å²) in [5.41, 5.74) is -0.586. The molecular formula is C14H16N2O3. The Bertz CT molecular complexity index is 613.